The summed E-state index contributed by atoms with van der Waals surface area (Å²) in [6, 6.07) is 2.20. The minimum atomic E-state index is -4.46. The van der Waals surface area contributed by atoms with Crippen LogP contribution in [-0.4, -0.2) is 31.9 Å². The molecule has 3 aromatic rings. The van der Waals surface area contributed by atoms with Gasteiger partial charge in [0.25, 0.3) is 0 Å². The first kappa shape index (κ1) is 17.6. The van der Waals surface area contributed by atoms with Crippen LogP contribution < -0.4 is 5.32 Å². The van der Waals surface area contributed by atoms with E-state index in [1.54, 1.807) is 11.6 Å². The third-order valence-electron chi connectivity index (χ3n) is 5.02. The van der Waals surface area contributed by atoms with Gasteiger partial charge in [0.2, 0.25) is 5.91 Å². The average molecular weight is 377 g/mol. The summed E-state index contributed by atoms with van der Waals surface area (Å²) in [4.78, 5) is 11.4. The van der Waals surface area contributed by atoms with Gasteiger partial charge in [-0.1, -0.05) is 0 Å². The first-order chi connectivity index (χ1) is 12.7. The molecule has 9 heteroatoms. The number of nitrogens with one attached hydrogen (secondary N) is 2. The summed E-state index contributed by atoms with van der Waals surface area (Å²) in [5, 5.41) is 14.5. The molecule has 1 aliphatic rings. The second-order valence-corrected chi connectivity index (χ2v) is 6.88. The molecule has 0 radical (unpaired) electrons. The lowest BCUT2D eigenvalue weighted by atomic mass is 9.97. The number of rotatable bonds is 3. The van der Waals surface area contributed by atoms with Gasteiger partial charge in [-0.05, 0) is 38.0 Å². The number of carbonyl (C=O) groups is 1. The Kier molecular flexibility index (Phi) is 3.97. The van der Waals surface area contributed by atoms with Crippen molar-refractivity contribution in [3.63, 3.8) is 0 Å². The second-order valence-electron chi connectivity index (χ2n) is 6.88. The molecule has 27 heavy (non-hydrogen) atoms. The van der Waals surface area contributed by atoms with Crippen molar-refractivity contribution in [2.45, 2.75) is 45.5 Å². The quantitative estimate of drug-likeness (QED) is 0.735. The lowest BCUT2D eigenvalue weighted by Gasteiger charge is -2.13. The maximum absolute atomic E-state index is 13.3. The van der Waals surface area contributed by atoms with E-state index in [-0.39, 0.29) is 11.9 Å². The molecule has 1 fully saturated rings. The maximum atomic E-state index is 13.3. The van der Waals surface area contributed by atoms with Gasteiger partial charge in [0.15, 0.2) is 0 Å². The Balaban J connectivity index is 1.82. The fourth-order valence-corrected chi connectivity index (χ4v) is 3.71. The highest BCUT2D eigenvalue weighted by atomic mass is 19.4. The third kappa shape index (κ3) is 3.07. The van der Waals surface area contributed by atoms with E-state index in [4.69, 9.17) is 0 Å². The van der Waals surface area contributed by atoms with E-state index < -0.39 is 11.7 Å². The molecule has 2 aromatic heterocycles. The Morgan fingerprint density at radius 1 is 1.30 bits per heavy atom. The maximum Gasteiger partial charge on any atom is 0.416 e. The van der Waals surface area contributed by atoms with Gasteiger partial charge >= 0.3 is 6.18 Å². The van der Waals surface area contributed by atoms with Gasteiger partial charge in [0.05, 0.1) is 29.5 Å². The molecule has 1 saturated heterocycles. The normalized spacial score (nSPS) is 17.7. The number of H-pyrrole nitrogens is 1. The van der Waals surface area contributed by atoms with Crippen LogP contribution in [0.3, 0.4) is 0 Å². The van der Waals surface area contributed by atoms with E-state index in [0.29, 0.717) is 40.7 Å². The van der Waals surface area contributed by atoms with Gasteiger partial charge in [-0.2, -0.15) is 23.4 Å². The number of aromatic nitrogens is 4. The molecular weight excluding hydrogens is 359 g/mol. The third-order valence-corrected chi connectivity index (χ3v) is 5.02. The summed E-state index contributed by atoms with van der Waals surface area (Å²) >= 11 is 0. The summed E-state index contributed by atoms with van der Waals surface area (Å²) in [5.74, 6) is 0.0136. The Labute approximate surface area is 152 Å². The smallest absolute Gasteiger partial charge is 0.351 e. The summed E-state index contributed by atoms with van der Waals surface area (Å²) in [5.41, 5.74) is 2.11. The topological polar surface area (TPSA) is 75.6 Å². The van der Waals surface area contributed by atoms with Crippen LogP contribution in [0.5, 0.6) is 0 Å². The van der Waals surface area contributed by atoms with Gasteiger partial charge < -0.3 is 5.32 Å². The number of nitrogens with zero attached hydrogens (tertiary/aromatic N) is 3. The fourth-order valence-electron chi connectivity index (χ4n) is 3.71. The summed E-state index contributed by atoms with van der Waals surface area (Å²) in [6.07, 6.45) is -1.72. The largest absolute Gasteiger partial charge is 0.416 e. The molecule has 1 aromatic carbocycles. The van der Waals surface area contributed by atoms with Crippen LogP contribution in [0.1, 0.15) is 29.8 Å². The van der Waals surface area contributed by atoms with Gasteiger partial charge in [0.1, 0.15) is 0 Å². The van der Waals surface area contributed by atoms with Crippen molar-refractivity contribution >= 4 is 16.8 Å². The number of halogens is 3. The van der Waals surface area contributed by atoms with Gasteiger partial charge in [-0.15, -0.1) is 0 Å². The summed E-state index contributed by atoms with van der Waals surface area (Å²) < 4.78 is 41.8. The lowest BCUT2D eigenvalue weighted by molar-refractivity contribution is -0.137. The predicted molar refractivity (Wildman–Crippen MR) is 93.0 cm³/mol. The van der Waals surface area contributed by atoms with E-state index in [0.717, 1.165) is 24.2 Å². The minimum Gasteiger partial charge on any atom is -0.351 e. The van der Waals surface area contributed by atoms with Gasteiger partial charge in [-0.25, -0.2) is 0 Å². The highest BCUT2D eigenvalue weighted by Gasteiger charge is 2.32. The molecule has 2 N–H and O–H groups in total. The highest BCUT2D eigenvalue weighted by molar-refractivity contribution is 5.96. The fraction of sp³-hybridized carbons (Fsp3) is 0.389. The van der Waals surface area contributed by atoms with Crippen molar-refractivity contribution in [3.05, 3.63) is 35.3 Å². The molecule has 3 heterocycles. The van der Waals surface area contributed by atoms with Gasteiger partial charge in [-0.3, -0.25) is 14.6 Å². The van der Waals surface area contributed by atoms with Crippen molar-refractivity contribution in [3.8, 4) is 11.1 Å². The number of amides is 1. The number of alkyl halides is 3. The Hall–Kier alpha value is -2.84. The van der Waals surface area contributed by atoms with Crippen LogP contribution in [0, 0.1) is 13.8 Å². The van der Waals surface area contributed by atoms with Crippen LogP contribution in [0.25, 0.3) is 22.0 Å². The first-order valence-corrected chi connectivity index (χ1v) is 8.62. The lowest BCUT2D eigenvalue weighted by Crippen LogP contribution is -2.30. The zero-order valence-electron chi connectivity index (χ0n) is 14.8. The number of benzene rings is 1. The summed E-state index contributed by atoms with van der Waals surface area (Å²) in [6.45, 7) is 4.10. The Morgan fingerprint density at radius 2 is 2.07 bits per heavy atom. The number of carbonyl (C=O) groups excluding carboxylic acids is 1. The van der Waals surface area contributed by atoms with Crippen molar-refractivity contribution in [2.75, 3.05) is 0 Å². The Bertz CT molecular complexity index is 1030. The van der Waals surface area contributed by atoms with Crippen LogP contribution in [0.2, 0.25) is 0 Å². The zero-order chi connectivity index (χ0) is 19.3. The number of aryl methyl sites for hydroxylation is 1. The van der Waals surface area contributed by atoms with Crippen LogP contribution in [-0.2, 0) is 17.5 Å². The highest BCUT2D eigenvalue weighted by Crippen LogP contribution is 2.38. The molecule has 1 amide bonds. The molecule has 1 aliphatic heterocycles. The molecule has 0 spiro atoms. The van der Waals surface area contributed by atoms with Gasteiger partial charge in [0, 0.05) is 29.1 Å². The van der Waals surface area contributed by atoms with E-state index in [1.165, 1.54) is 6.20 Å². The molecule has 6 nitrogen and oxygen atoms in total. The van der Waals surface area contributed by atoms with E-state index >= 15 is 0 Å². The zero-order valence-corrected chi connectivity index (χ0v) is 14.8. The first-order valence-electron chi connectivity index (χ1n) is 8.62. The summed E-state index contributed by atoms with van der Waals surface area (Å²) in [7, 11) is 0. The molecule has 1 atom stereocenters. The SMILES string of the molecule is Cc1nn(C[C@@H]2CCC(=O)N2)c(C)c1-c1cc(C(F)(F)F)cc2[nH]ncc12. The number of hydrogen-bond acceptors (Lipinski definition) is 3. The molecule has 142 valence electrons. The molecular formula is C18H18F3N5O. The molecule has 0 bridgehead atoms. The monoisotopic (exact) mass is 377 g/mol. The minimum absolute atomic E-state index is 0.0136. The predicted octanol–water partition coefficient (Wildman–Crippen LogP) is 3.34. The average Bonchev–Trinajstić information content (AvgIpc) is 3.27. The standard InChI is InChI=1S/C18H18F3N5O/c1-9-17(10(2)26(25-9)8-12-3-4-16(27)23-12)13-5-11(18(19,20)21)6-15-14(13)7-22-24-15/h5-7,12H,3-4,8H2,1-2H3,(H,22,24)(H,23,27)/t12-/m0/s1. The number of aromatic amines is 1. The second kappa shape index (κ2) is 6.11. The van der Waals surface area contributed by atoms with E-state index in [2.05, 4.69) is 20.6 Å². The molecule has 0 aliphatic carbocycles. The van der Waals surface area contributed by atoms with Crippen molar-refractivity contribution in [2.24, 2.45) is 0 Å². The van der Waals surface area contributed by atoms with Crippen molar-refractivity contribution < 1.29 is 18.0 Å². The van der Waals surface area contributed by atoms with Crippen LogP contribution >= 0.6 is 0 Å². The van der Waals surface area contributed by atoms with Crippen molar-refractivity contribution in [1.82, 2.24) is 25.3 Å². The number of hydrogen-bond donors (Lipinski definition) is 2. The van der Waals surface area contributed by atoms with E-state index in [1.807, 2.05) is 6.92 Å². The molecule has 0 unspecified atom stereocenters. The number of fused-ring (bicyclic) bond motifs is 1. The van der Waals surface area contributed by atoms with Crippen LogP contribution in [0.15, 0.2) is 18.3 Å². The van der Waals surface area contributed by atoms with E-state index in [9.17, 15) is 18.0 Å². The van der Waals surface area contributed by atoms with Crippen LogP contribution in [0.4, 0.5) is 13.2 Å². The van der Waals surface area contributed by atoms with Crippen molar-refractivity contribution in [1.29, 1.82) is 0 Å². The molecule has 4 rings (SSSR count). The molecule has 0 saturated carbocycles. The Morgan fingerprint density at radius 3 is 2.74 bits per heavy atom.